The fraction of sp³-hybridized carbons (Fsp3) is 0.263. The third kappa shape index (κ3) is 5.66. The van der Waals surface area contributed by atoms with Crippen LogP contribution >= 0.6 is 12.2 Å². The first-order chi connectivity index (χ1) is 11.7. The maximum Gasteiger partial charge on any atom is 0.245 e. The van der Waals surface area contributed by atoms with Crippen molar-refractivity contribution < 1.29 is 4.79 Å². The Kier molecular flexibility index (Phi) is 7.23. The Morgan fingerprint density at radius 1 is 1.00 bits per heavy atom. The first-order valence-corrected chi connectivity index (χ1v) is 8.54. The summed E-state index contributed by atoms with van der Waals surface area (Å²) in [4.78, 5) is 12.5. The van der Waals surface area contributed by atoms with Crippen molar-refractivity contribution in [2.24, 2.45) is 0 Å². The quantitative estimate of drug-likeness (QED) is 0.558. The maximum absolute atomic E-state index is 12.5. The minimum absolute atomic E-state index is 0.0769. The van der Waals surface area contributed by atoms with Crippen LogP contribution in [0.1, 0.15) is 36.8 Å². The van der Waals surface area contributed by atoms with Crippen LogP contribution in [-0.2, 0) is 11.3 Å². The van der Waals surface area contributed by atoms with E-state index in [-0.39, 0.29) is 11.8 Å². The van der Waals surface area contributed by atoms with E-state index in [0.717, 1.165) is 24.0 Å². The van der Waals surface area contributed by atoms with Crippen molar-refractivity contribution in [2.75, 3.05) is 0 Å². The normalized spacial score (nSPS) is 11.4. The second kappa shape index (κ2) is 9.67. The fourth-order valence-electron chi connectivity index (χ4n) is 2.45. The molecule has 0 bridgehead atoms. The molecule has 0 radical (unpaired) electrons. The van der Waals surface area contributed by atoms with Crippen LogP contribution in [0.2, 0.25) is 0 Å². The van der Waals surface area contributed by atoms with Gasteiger partial charge in [-0.05, 0) is 29.8 Å². The summed E-state index contributed by atoms with van der Waals surface area (Å²) in [7, 11) is 0. The second-order valence-electron chi connectivity index (χ2n) is 5.53. The molecule has 3 N–H and O–H groups in total. The largest absolute Gasteiger partial charge is 0.357 e. The van der Waals surface area contributed by atoms with Crippen molar-refractivity contribution in [3.05, 3.63) is 71.8 Å². The van der Waals surface area contributed by atoms with Gasteiger partial charge in [0.15, 0.2) is 5.11 Å². The Morgan fingerprint density at radius 3 is 2.25 bits per heavy atom. The van der Waals surface area contributed by atoms with Crippen LogP contribution in [0, 0.1) is 0 Å². The topological polar surface area (TPSA) is 53.2 Å². The molecule has 24 heavy (non-hydrogen) atoms. The number of hydrazine groups is 1. The van der Waals surface area contributed by atoms with E-state index >= 15 is 0 Å². The van der Waals surface area contributed by atoms with Gasteiger partial charge in [-0.25, -0.2) is 0 Å². The van der Waals surface area contributed by atoms with E-state index in [4.69, 9.17) is 12.2 Å². The zero-order chi connectivity index (χ0) is 17.2. The molecule has 0 aliphatic rings. The molecular weight excluding hydrogens is 318 g/mol. The highest BCUT2D eigenvalue weighted by atomic mass is 32.1. The van der Waals surface area contributed by atoms with E-state index in [0.29, 0.717) is 11.7 Å². The van der Waals surface area contributed by atoms with Crippen molar-refractivity contribution in [3.8, 4) is 0 Å². The molecule has 0 fully saturated rings. The molecule has 126 valence electrons. The number of nitrogens with one attached hydrogen (secondary N) is 3. The number of hydrogen-bond acceptors (Lipinski definition) is 2. The number of carbonyl (C=O) groups excluding carboxylic acids is 1. The number of hydrogen-bond donors (Lipinski definition) is 3. The van der Waals surface area contributed by atoms with Crippen LogP contribution in [0.25, 0.3) is 0 Å². The Bertz CT molecular complexity index is 646. The second-order valence-corrected chi connectivity index (χ2v) is 5.94. The zero-order valence-electron chi connectivity index (χ0n) is 13.8. The molecule has 0 unspecified atom stereocenters. The lowest BCUT2D eigenvalue weighted by Gasteiger charge is -2.18. The van der Waals surface area contributed by atoms with E-state index in [1.54, 1.807) is 0 Å². The van der Waals surface area contributed by atoms with Gasteiger partial charge in [-0.15, -0.1) is 0 Å². The number of thiocarbonyl (C=S) groups is 1. The van der Waals surface area contributed by atoms with Crippen LogP contribution in [0.3, 0.4) is 0 Å². The van der Waals surface area contributed by atoms with Crippen molar-refractivity contribution in [1.82, 2.24) is 16.2 Å². The molecule has 1 amide bonds. The molecule has 2 rings (SSSR count). The highest BCUT2D eigenvalue weighted by Gasteiger charge is 2.19. The van der Waals surface area contributed by atoms with Gasteiger partial charge < -0.3 is 5.32 Å². The van der Waals surface area contributed by atoms with Crippen LogP contribution in [0.4, 0.5) is 0 Å². The average molecular weight is 341 g/mol. The minimum atomic E-state index is -0.180. The van der Waals surface area contributed by atoms with Crippen LogP contribution < -0.4 is 16.2 Å². The molecule has 0 aliphatic heterocycles. The Hall–Kier alpha value is -2.40. The van der Waals surface area contributed by atoms with Gasteiger partial charge in [0, 0.05) is 6.54 Å². The van der Waals surface area contributed by atoms with E-state index in [2.05, 4.69) is 23.1 Å². The Balaban J connectivity index is 1.83. The van der Waals surface area contributed by atoms with Crippen LogP contribution in [0.15, 0.2) is 60.7 Å². The molecule has 0 saturated heterocycles. The van der Waals surface area contributed by atoms with Crippen LogP contribution in [-0.4, -0.2) is 11.0 Å². The number of benzene rings is 2. The van der Waals surface area contributed by atoms with Gasteiger partial charge in [0.2, 0.25) is 5.91 Å². The van der Waals surface area contributed by atoms with E-state index in [1.165, 1.54) is 0 Å². The fourth-order valence-corrected chi connectivity index (χ4v) is 2.57. The molecule has 2 aromatic rings. The lowest BCUT2D eigenvalue weighted by Crippen LogP contribution is -2.48. The monoisotopic (exact) mass is 341 g/mol. The number of rotatable bonds is 6. The molecule has 2 aromatic carbocycles. The summed E-state index contributed by atoms with van der Waals surface area (Å²) in [6.45, 7) is 2.68. The summed E-state index contributed by atoms with van der Waals surface area (Å²) >= 11 is 5.20. The molecule has 0 aliphatic carbocycles. The molecule has 4 nitrogen and oxygen atoms in total. The average Bonchev–Trinajstić information content (AvgIpc) is 2.64. The standard InChI is InChI=1S/C19H23N3OS/c1-2-9-17(16-12-7-4-8-13-16)18(23)21-22-19(24)20-14-15-10-5-3-6-11-15/h3-8,10-13,17H,2,9,14H2,1H3,(H,21,23)(H2,20,22,24)/t17-/m0/s1. The molecule has 0 heterocycles. The van der Waals surface area contributed by atoms with Crippen molar-refractivity contribution in [2.45, 2.75) is 32.2 Å². The predicted molar refractivity (Wildman–Crippen MR) is 101 cm³/mol. The van der Waals surface area contributed by atoms with Gasteiger partial charge in [-0.1, -0.05) is 74.0 Å². The van der Waals surface area contributed by atoms with Gasteiger partial charge in [0.05, 0.1) is 5.92 Å². The van der Waals surface area contributed by atoms with E-state index < -0.39 is 0 Å². The molecule has 0 saturated carbocycles. The summed E-state index contributed by atoms with van der Waals surface area (Å²) in [5.74, 6) is -0.257. The highest BCUT2D eigenvalue weighted by molar-refractivity contribution is 7.80. The van der Waals surface area contributed by atoms with Crippen molar-refractivity contribution in [1.29, 1.82) is 0 Å². The summed E-state index contributed by atoms with van der Waals surface area (Å²) < 4.78 is 0. The van der Waals surface area contributed by atoms with Gasteiger partial charge >= 0.3 is 0 Å². The third-order valence-corrected chi connectivity index (χ3v) is 3.94. The van der Waals surface area contributed by atoms with Gasteiger partial charge in [0.1, 0.15) is 0 Å². The number of amides is 1. The van der Waals surface area contributed by atoms with E-state index in [9.17, 15) is 4.79 Å². The summed E-state index contributed by atoms with van der Waals surface area (Å²) in [5.41, 5.74) is 7.63. The van der Waals surface area contributed by atoms with Gasteiger partial charge in [-0.3, -0.25) is 15.6 Å². The van der Waals surface area contributed by atoms with Crippen molar-refractivity contribution >= 4 is 23.2 Å². The minimum Gasteiger partial charge on any atom is -0.357 e. The van der Waals surface area contributed by atoms with E-state index in [1.807, 2.05) is 60.7 Å². The Morgan fingerprint density at radius 2 is 1.62 bits per heavy atom. The maximum atomic E-state index is 12.5. The van der Waals surface area contributed by atoms with Gasteiger partial charge in [0.25, 0.3) is 0 Å². The molecule has 0 spiro atoms. The Labute approximate surface area is 148 Å². The SMILES string of the molecule is CCC[C@H](C(=O)NNC(=S)NCc1ccccc1)c1ccccc1. The molecular formula is C19H23N3OS. The third-order valence-electron chi connectivity index (χ3n) is 3.69. The summed E-state index contributed by atoms with van der Waals surface area (Å²) in [5, 5.41) is 3.47. The molecule has 0 aromatic heterocycles. The predicted octanol–water partition coefficient (Wildman–Crippen LogP) is 3.27. The molecule has 5 heteroatoms. The lowest BCUT2D eigenvalue weighted by molar-refractivity contribution is -0.123. The summed E-state index contributed by atoms with van der Waals surface area (Å²) in [6, 6.07) is 19.8. The first-order valence-electron chi connectivity index (χ1n) is 8.13. The zero-order valence-corrected chi connectivity index (χ0v) is 14.6. The first kappa shape index (κ1) is 17.9. The highest BCUT2D eigenvalue weighted by Crippen LogP contribution is 2.20. The van der Waals surface area contributed by atoms with Gasteiger partial charge in [-0.2, -0.15) is 0 Å². The number of carbonyl (C=O) groups is 1. The lowest BCUT2D eigenvalue weighted by atomic mass is 9.94. The van der Waals surface area contributed by atoms with Crippen LogP contribution in [0.5, 0.6) is 0 Å². The van der Waals surface area contributed by atoms with Crippen molar-refractivity contribution in [3.63, 3.8) is 0 Å². The summed E-state index contributed by atoms with van der Waals surface area (Å²) in [6.07, 6.45) is 1.73. The molecule has 1 atom stereocenters. The smallest absolute Gasteiger partial charge is 0.245 e.